The van der Waals surface area contributed by atoms with E-state index < -0.39 is 30.2 Å². The smallest absolute Gasteiger partial charge is 0.261 e. The molecule has 3 aromatic rings. The Morgan fingerprint density at radius 2 is 1.59 bits per heavy atom. The van der Waals surface area contributed by atoms with Crippen molar-refractivity contribution in [1.82, 2.24) is 10.2 Å². The number of nitrogens with one attached hydrogen (secondary N) is 1. The van der Waals surface area contributed by atoms with Crippen molar-refractivity contribution in [2.75, 3.05) is 13.2 Å². The minimum absolute atomic E-state index is 0.0485. The molecule has 34 heavy (non-hydrogen) atoms. The number of hydrogen-bond acceptors (Lipinski definition) is 3. The molecular weight excluding hydrogens is 438 g/mol. The van der Waals surface area contributed by atoms with E-state index in [0.717, 1.165) is 12.0 Å². The molecule has 0 spiro atoms. The fraction of sp³-hybridized carbons (Fsp3) is 0.259. The Labute approximate surface area is 198 Å². The van der Waals surface area contributed by atoms with Gasteiger partial charge in [0.1, 0.15) is 11.9 Å². The Morgan fingerprint density at radius 3 is 2.26 bits per heavy atom. The second kappa shape index (κ2) is 12.5. The summed E-state index contributed by atoms with van der Waals surface area (Å²) in [5.41, 5.74) is 1.54. The second-order valence-corrected chi connectivity index (χ2v) is 7.86. The summed E-state index contributed by atoms with van der Waals surface area (Å²) in [6.45, 7) is 2.02. The SMILES string of the molecule is CCCNC(=O)[C@H](Cc1ccccc1)N(Cc1ccc(F)cc1)C(=O)COc1ccccc1F. The number of hydrogen-bond donors (Lipinski definition) is 1. The van der Waals surface area contributed by atoms with Gasteiger partial charge in [-0.15, -0.1) is 0 Å². The largest absolute Gasteiger partial charge is 0.481 e. The van der Waals surface area contributed by atoms with Gasteiger partial charge in [0.2, 0.25) is 5.91 Å². The van der Waals surface area contributed by atoms with Crippen LogP contribution in [0, 0.1) is 11.6 Å². The van der Waals surface area contributed by atoms with Crippen molar-refractivity contribution in [2.45, 2.75) is 32.4 Å². The molecule has 0 heterocycles. The van der Waals surface area contributed by atoms with Crippen molar-refractivity contribution in [2.24, 2.45) is 0 Å². The third-order valence-electron chi connectivity index (χ3n) is 5.27. The minimum atomic E-state index is -0.837. The zero-order valence-corrected chi connectivity index (χ0v) is 19.0. The average molecular weight is 467 g/mol. The lowest BCUT2D eigenvalue weighted by Gasteiger charge is -2.31. The summed E-state index contributed by atoms with van der Waals surface area (Å²) in [5.74, 6) is -1.81. The lowest BCUT2D eigenvalue weighted by Crippen LogP contribution is -2.51. The predicted octanol–water partition coefficient (Wildman–Crippen LogP) is 4.51. The Hall–Kier alpha value is -3.74. The molecule has 0 saturated heterocycles. The van der Waals surface area contributed by atoms with Crippen LogP contribution in [-0.2, 0) is 22.6 Å². The van der Waals surface area contributed by atoms with Crippen molar-refractivity contribution < 1.29 is 23.1 Å². The predicted molar refractivity (Wildman–Crippen MR) is 126 cm³/mol. The standard InChI is InChI=1S/C27H28F2N2O3/c1-2-16-30-27(33)24(17-20-8-4-3-5-9-20)31(18-21-12-14-22(28)15-13-21)26(32)19-34-25-11-7-6-10-23(25)29/h3-15,24H,2,16-19H2,1H3,(H,30,33)/t24-/m0/s1. The molecule has 5 nitrogen and oxygen atoms in total. The average Bonchev–Trinajstić information content (AvgIpc) is 2.85. The molecule has 1 atom stereocenters. The van der Waals surface area contributed by atoms with Crippen molar-refractivity contribution in [3.63, 3.8) is 0 Å². The third-order valence-corrected chi connectivity index (χ3v) is 5.27. The van der Waals surface area contributed by atoms with E-state index in [4.69, 9.17) is 4.74 Å². The summed E-state index contributed by atoms with van der Waals surface area (Å²) in [4.78, 5) is 27.9. The van der Waals surface area contributed by atoms with Crippen LogP contribution in [0.15, 0.2) is 78.9 Å². The van der Waals surface area contributed by atoms with Gasteiger partial charge in [0.05, 0.1) is 0 Å². The highest BCUT2D eigenvalue weighted by Gasteiger charge is 2.30. The highest BCUT2D eigenvalue weighted by Crippen LogP contribution is 2.18. The molecule has 0 unspecified atom stereocenters. The molecule has 0 aliphatic carbocycles. The zero-order valence-electron chi connectivity index (χ0n) is 19.0. The molecule has 0 aliphatic heterocycles. The van der Waals surface area contributed by atoms with Crippen LogP contribution in [0.25, 0.3) is 0 Å². The molecule has 7 heteroatoms. The van der Waals surface area contributed by atoms with Gasteiger partial charge in [-0.1, -0.05) is 61.5 Å². The normalized spacial score (nSPS) is 11.5. The molecule has 0 saturated carbocycles. The Bertz CT molecular complexity index is 1070. The van der Waals surface area contributed by atoms with Gasteiger partial charge >= 0.3 is 0 Å². The summed E-state index contributed by atoms with van der Waals surface area (Å²) < 4.78 is 32.9. The second-order valence-electron chi connectivity index (χ2n) is 7.86. The maximum atomic E-state index is 14.0. The zero-order chi connectivity index (χ0) is 24.3. The Balaban J connectivity index is 1.89. The fourth-order valence-electron chi connectivity index (χ4n) is 3.49. The van der Waals surface area contributed by atoms with Crippen LogP contribution in [-0.4, -0.2) is 35.9 Å². The summed E-state index contributed by atoms with van der Waals surface area (Å²) in [5, 5.41) is 2.87. The molecule has 0 bridgehead atoms. The maximum Gasteiger partial charge on any atom is 0.261 e. The number of carbonyl (C=O) groups is 2. The maximum absolute atomic E-state index is 14.0. The molecule has 1 N–H and O–H groups in total. The minimum Gasteiger partial charge on any atom is -0.481 e. The Kier molecular flexibility index (Phi) is 9.14. The van der Waals surface area contributed by atoms with Gasteiger partial charge in [-0.05, 0) is 41.8 Å². The van der Waals surface area contributed by atoms with Gasteiger partial charge in [-0.2, -0.15) is 0 Å². The molecule has 3 rings (SSSR count). The van der Waals surface area contributed by atoms with Crippen LogP contribution < -0.4 is 10.1 Å². The molecule has 0 fully saturated rings. The molecule has 0 aromatic heterocycles. The quantitative estimate of drug-likeness (QED) is 0.452. The van der Waals surface area contributed by atoms with E-state index in [1.807, 2.05) is 37.3 Å². The van der Waals surface area contributed by atoms with Crippen LogP contribution in [0.3, 0.4) is 0 Å². The monoisotopic (exact) mass is 466 g/mol. The van der Waals surface area contributed by atoms with Crippen molar-refractivity contribution >= 4 is 11.8 Å². The Morgan fingerprint density at radius 1 is 0.912 bits per heavy atom. The van der Waals surface area contributed by atoms with Crippen molar-refractivity contribution in [1.29, 1.82) is 0 Å². The number of nitrogens with zero attached hydrogens (tertiary/aromatic N) is 1. The van der Waals surface area contributed by atoms with Gasteiger partial charge in [-0.25, -0.2) is 8.78 Å². The van der Waals surface area contributed by atoms with Gasteiger partial charge in [0, 0.05) is 19.5 Å². The molecule has 0 radical (unpaired) electrons. The number of halogens is 2. The van der Waals surface area contributed by atoms with E-state index in [0.29, 0.717) is 12.1 Å². The van der Waals surface area contributed by atoms with Crippen LogP contribution in [0.5, 0.6) is 5.75 Å². The van der Waals surface area contributed by atoms with E-state index >= 15 is 0 Å². The molecule has 0 aliphatic rings. The molecule has 2 amide bonds. The van der Waals surface area contributed by atoms with Crippen molar-refractivity contribution in [3.8, 4) is 5.75 Å². The fourth-order valence-corrected chi connectivity index (χ4v) is 3.49. The van der Waals surface area contributed by atoms with Crippen LogP contribution in [0.4, 0.5) is 8.78 Å². The topological polar surface area (TPSA) is 58.6 Å². The van der Waals surface area contributed by atoms with E-state index in [-0.39, 0.29) is 24.6 Å². The number of para-hydroxylation sites is 1. The van der Waals surface area contributed by atoms with Crippen molar-refractivity contribution in [3.05, 3.63) is 102 Å². The van der Waals surface area contributed by atoms with Crippen LogP contribution in [0.1, 0.15) is 24.5 Å². The summed E-state index contributed by atoms with van der Waals surface area (Å²) in [7, 11) is 0. The van der Waals surface area contributed by atoms with E-state index in [2.05, 4.69) is 5.32 Å². The van der Waals surface area contributed by atoms with Gasteiger partial charge in [-0.3, -0.25) is 9.59 Å². The van der Waals surface area contributed by atoms with Crippen LogP contribution >= 0.6 is 0 Å². The molecular formula is C27H28F2N2O3. The number of carbonyl (C=O) groups excluding carboxylic acids is 2. The van der Waals surface area contributed by atoms with E-state index in [1.54, 1.807) is 18.2 Å². The lowest BCUT2D eigenvalue weighted by atomic mass is 10.0. The van der Waals surface area contributed by atoms with Gasteiger partial charge in [0.15, 0.2) is 18.2 Å². The van der Waals surface area contributed by atoms with E-state index in [9.17, 15) is 18.4 Å². The lowest BCUT2D eigenvalue weighted by molar-refractivity contribution is -0.142. The highest BCUT2D eigenvalue weighted by molar-refractivity contribution is 5.88. The first-order valence-corrected chi connectivity index (χ1v) is 11.2. The number of benzene rings is 3. The first kappa shape index (κ1) is 24.9. The molecule has 3 aromatic carbocycles. The van der Waals surface area contributed by atoms with Crippen LogP contribution in [0.2, 0.25) is 0 Å². The molecule has 178 valence electrons. The number of amides is 2. The first-order chi connectivity index (χ1) is 16.5. The summed E-state index contributed by atoms with van der Waals surface area (Å²) >= 11 is 0. The number of rotatable bonds is 11. The summed E-state index contributed by atoms with van der Waals surface area (Å²) in [6, 6.07) is 20.1. The summed E-state index contributed by atoms with van der Waals surface area (Å²) in [6.07, 6.45) is 1.02. The first-order valence-electron chi connectivity index (χ1n) is 11.2. The number of ether oxygens (including phenoxy) is 1. The van der Waals surface area contributed by atoms with Gasteiger partial charge in [0.25, 0.3) is 5.91 Å². The van der Waals surface area contributed by atoms with E-state index in [1.165, 1.54) is 35.2 Å². The third kappa shape index (κ3) is 7.13. The highest BCUT2D eigenvalue weighted by atomic mass is 19.1. The van der Waals surface area contributed by atoms with Gasteiger partial charge < -0.3 is 15.0 Å².